The molecule has 6 aromatic rings. The normalized spacial score (nSPS) is 11.4. The number of nitrogens with zero attached hydrogens (tertiary/aromatic N) is 4. The van der Waals surface area contributed by atoms with Crippen LogP contribution in [0.5, 0.6) is 0 Å². The molecule has 0 N–H and O–H groups in total. The molecule has 2 heterocycles. The summed E-state index contributed by atoms with van der Waals surface area (Å²) in [5, 5.41) is 13.5. The number of rotatable bonds is 4. The molecule has 0 bridgehead atoms. The number of aromatic nitrogens is 4. The smallest absolute Gasteiger partial charge is 0.266 e. The number of benzene rings is 4. The molecule has 0 fully saturated rings. The average Bonchev–Trinajstić information content (AvgIpc) is 2.88. The van der Waals surface area contributed by atoms with Gasteiger partial charge in [0.15, 0.2) is 0 Å². The summed E-state index contributed by atoms with van der Waals surface area (Å²) in [4.78, 5) is 27.7. The van der Waals surface area contributed by atoms with Crippen LogP contribution in [0.2, 0.25) is 0 Å². The summed E-state index contributed by atoms with van der Waals surface area (Å²) in [6.45, 7) is 0. The predicted octanol–water partition coefficient (Wildman–Crippen LogP) is 5.37. The molecule has 0 atom stereocenters. The highest BCUT2D eigenvalue weighted by Gasteiger charge is 2.12. The minimum Gasteiger partial charge on any atom is -0.266 e. The number of hydrogen-bond acceptors (Lipinski definition) is 6. The minimum atomic E-state index is -0.155. The third-order valence-corrected chi connectivity index (χ3v) is 7.52. The second kappa shape index (κ2) is 8.48. The summed E-state index contributed by atoms with van der Waals surface area (Å²) in [5.41, 5.74) is -0.310. The van der Waals surface area contributed by atoms with E-state index in [9.17, 15) is 9.59 Å². The van der Waals surface area contributed by atoms with Crippen molar-refractivity contribution in [3.05, 3.63) is 118 Å². The van der Waals surface area contributed by atoms with E-state index in [0.29, 0.717) is 10.8 Å². The largest absolute Gasteiger partial charge is 0.285 e. The molecule has 0 aliphatic heterocycles. The van der Waals surface area contributed by atoms with E-state index < -0.39 is 0 Å². The molecular formula is C26H16N4O2S2. The lowest BCUT2D eigenvalue weighted by molar-refractivity contribution is 0.935. The average molecular weight is 481 g/mol. The zero-order valence-electron chi connectivity index (χ0n) is 17.7. The van der Waals surface area contributed by atoms with Gasteiger partial charge in [0, 0.05) is 44.5 Å². The van der Waals surface area contributed by atoms with Crippen molar-refractivity contribution >= 4 is 56.2 Å². The Bertz CT molecular complexity index is 1690. The van der Waals surface area contributed by atoms with Crippen LogP contribution >= 0.6 is 23.9 Å². The van der Waals surface area contributed by atoms with Crippen LogP contribution in [0.25, 0.3) is 32.3 Å². The van der Waals surface area contributed by atoms with Crippen molar-refractivity contribution in [2.45, 2.75) is 9.79 Å². The fourth-order valence-corrected chi connectivity index (χ4v) is 5.63. The van der Waals surface area contributed by atoms with E-state index >= 15 is 0 Å². The Morgan fingerprint density at radius 2 is 0.912 bits per heavy atom. The van der Waals surface area contributed by atoms with E-state index in [0.717, 1.165) is 31.3 Å². The van der Waals surface area contributed by atoms with Gasteiger partial charge in [-0.1, -0.05) is 60.7 Å². The Morgan fingerprint density at radius 3 is 1.38 bits per heavy atom. The van der Waals surface area contributed by atoms with Crippen LogP contribution in [0.1, 0.15) is 0 Å². The van der Waals surface area contributed by atoms with Crippen molar-refractivity contribution in [3.63, 3.8) is 0 Å². The lowest BCUT2D eigenvalue weighted by atomic mass is 10.1. The molecule has 0 spiro atoms. The third kappa shape index (κ3) is 3.57. The van der Waals surface area contributed by atoms with Gasteiger partial charge >= 0.3 is 0 Å². The van der Waals surface area contributed by atoms with Crippen LogP contribution in [0.15, 0.2) is 117 Å². The second-order valence-corrected chi connectivity index (χ2v) is 9.55. The zero-order chi connectivity index (χ0) is 23.1. The standard InChI is InChI=1S/C26H16N4O2S2/c31-25-19-9-3-1-7-17(19)15-27-29(25)33-23-13-5-12-22-21(23)11-6-14-24(22)34-30-26(32)20-10-4-2-8-18(20)16-28-30/h1-16H. The van der Waals surface area contributed by atoms with E-state index in [2.05, 4.69) is 10.2 Å². The SMILES string of the molecule is O=c1c2ccccc2cnn1Sc1cccc2c(Sn3ncc4ccccc4c3=O)cccc12. The van der Waals surface area contributed by atoms with Gasteiger partial charge in [0.2, 0.25) is 0 Å². The summed E-state index contributed by atoms with van der Waals surface area (Å²) >= 11 is 2.56. The Kier molecular flexibility index (Phi) is 5.16. The van der Waals surface area contributed by atoms with Crippen LogP contribution in [-0.2, 0) is 0 Å². The molecule has 0 aliphatic carbocycles. The van der Waals surface area contributed by atoms with Crippen LogP contribution in [0.3, 0.4) is 0 Å². The second-order valence-electron chi connectivity index (χ2n) is 7.61. The van der Waals surface area contributed by atoms with Crippen molar-refractivity contribution in [1.29, 1.82) is 0 Å². The first-order chi connectivity index (χ1) is 16.7. The molecule has 0 radical (unpaired) electrons. The maximum atomic E-state index is 13.0. The highest BCUT2D eigenvalue weighted by molar-refractivity contribution is 7.98. The van der Waals surface area contributed by atoms with Gasteiger partial charge in [0.25, 0.3) is 11.1 Å². The molecule has 164 valence electrons. The Labute approximate surface area is 202 Å². The monoisotopic (exact) mass is 480 g/mol. The van der Waals surface area contributed by atoms with Gasteiger partial charge in [-0.15, -0.1) is 0 Å². The molecule has 0 saturated heterocycles. The zero-order valence-corrected chi connectivity index (χ0v) is 19.3. The van der Waals surface area contributed by atoms with Crippen molar-refractivity contribution in [2.24, 2.45) is 0 Å². The quantitative estimate of drug-likeness (QED) is 0.338. The van der Waals surface area contributed by atoms with Gasteiger partial charge in [0.05, 0.1) is 23.2 Å². The molecule has 0 unspecified atom stereocenters. The van der Waals surface area contributed by atoms with Gasteiger partial charge in [-0.05, 0) is 35.0 Å². The lowest BCUT2D eigenvalue weighted by Gasteiger charge is -2.11. The Balaban J connectivity index is 1.42. The molecule has 2 aromatic heterocycles. The summed E-state index contributed by atoms with van der Waals surface area (Å²) in [6.07, 6.45) is 3.40. The van der Waals surface area contributed by atoms with Gasteiger partial charge < -0.3 is 0 Å². The van der Waals surface area contributed by atoms with Crippen LogP contribution in [0.4, 0.5) is 0 Å². The van der Waals surface area contributed by atoms with Gasteiger partial charge in [-0.2, -0.15) is 18.4 Å². The first-order valence-corrected chi connectivity index (χ1v) is 12.1. The van der Waals surface area contributed by atoms with Crippen molar-refractivity contribution in [1.82, 2.24) is 18.4 Å². The van der Waals surface area contributed by atoms with E-state index in [1.54, 1.807) is 12.4 Å². The van der Waals surface area contributed by atoms with Gasteiger partial charge in [-0.25, -0.2) is 0 Å². The molecular weight excluding hydrogens is 464 g/mol. The van der Waals surface area contributed by atoms with Gasteiger partial charge in [-0.3, -0.25) is 9.59 Å². The summed E-state index contributed by atoms with van der Waals surface area (Å²) in [5.74, 6) is 0. The first-order valence-electron chi connectivity index (χ1n) is 10.5. The highest BCUT2D eigenvalue weighted by atomic mass is 32.2. The molecule has 0 aliphatic rings. The van der Waals surface area contributed by atoms with Crippen LogP contribution in [0, 0.1) is 0 Å². The maximum Gasteiger partial charge on any atom is 0.285 e. The first kappa shape index (κ1) is 20.7. The van der Waals surface area contributed by atoms with Crippen LogP contribution < -0.4 is 11.1 Å². The van der Waals surface area contributed by atoms with Crippen molar-refractivity contribution < 1.29 is 0 Å². The van der Waals surface area contributed by atoms with Crippen molar-refractivity contribution in [2.75, 3.05) is 0 Å². The third-order valence-electron chi connectivity index (χ3n) is 5.54. The maximum absolute atomic E-state index is 13.0. The Morgan fingerprint density at radius 1 is 0.500 bits per heavy atom. The van der Waals surface area contributed by atoms with E-state index in [1.165, 1.54) is 32.1 Å². The van der Waals surface area contributed by atoms with E-state index in [-0.39, 0.29) is 11.1 Å². The van der Waals surface area contributed by atoms with Crippen LogP contribution in [-0.4, -0.2) is 18.4 Å². The molecule has 0 saturated carbocycles. The molecule has 4 aromatic carbocycles. The number of fused-ring (bicyclic) bond motifs is 3. The fourth-order valence-electron chi connectivity index (χ4n) is 3.88. The molecule has 6 rings (SSSR count). The predicted molar refractivity (Wildman–Crippen MR) is 138 cm³/mol. The topological polar surface area (TPSA) is 69.8 Å². The minimum absolute atomic E-state index is 0.155. The fraction of sp³-hybridized carbons (Fsp3) is 0. The Hall–Kier alpha value is -3.88. The molecule has 0 amide bonds. The number of hydrogen-bond donors (Lipinski definition) is 0. The highest BCUT2D eigenvalue weighted by Crippen LogP contribution is 2.34. The van der Waals surface area contributed by atoms with Crippen molar-refractivity contribution in [3.8, 4) is 0 Å². The summed E-state index contributed by atoms with van der Waals surface area (Å²) < 4.78 is 2.82. The summed E-state index contributed by atoms with van der Waals surface area (Å²) in [7, 11) is 0. The van der Waals surface area contributed by atoms with E-state index in [4.69, 9.17) is 0 Å². The molecule has 6 nitrogen and oxygen atoms in total. The van der Waals surface area contributed by atoms with E-state index in [1.807, 2.05) is 84.9 Å². The molecule has 34 heavy (non-hydrogen) atoms. The lowest BCUT2D eigenvalue weighted by Crippen LogP contribution is -2.17. The van der Waals surface area contributed by atoms with Gasteiger partial charge in [0.1, 0.15) is 0 Å². The summed E-state index contributed by atoms with van der Waals surface area (Å²) in [6, 6.07) is 26.7. The molecule has 8 heteroatoms.